The summed E-state index contributed by atoms with van der Waals surface area (Å²) in [5.41, 5.74) is 1.31. The number of hydrogen-bond donors (Lipinski definition) is 2. The van der Waals surface area contributed by atoms with Crippen molar-refractivity contribution in [3.05, 3.63) is 35.9 Å². The third-order valence-electron chi connectivity index (χ3n) is 5.02. The Labute approximate surface area is 169 Å². The average molecular weight is 404 g/mol. The van der Waals surface area contributed by atoms with Gasteiger partial charge in [-0.1, -0.05) is 37.3 Å². The van der Waals surface area contributed by atoms with E-state index in [1.807, 2.05) is 6.07 Å². The van der Waals surface area contributed by atoms with E-state index >= 15 is 0 Å². The molecule has 3 atom stereocenters. The van der Waals surface area contributed by atoms with Gasteiger partial charge >= 0.3 is 0 Å². The summed E-state index contributed by atoms with van der Waals surface area (Å²) in [6, 6.07) is 10.8. The number of amides is 1. The van der Waals surface area contributed by atoms with Gasteiger partial charge in [-0.3, -0.25) is 9.69 Å². The minimum absolute atomic E-state index is 0. The van der Waals surface area contributed by atoms with Gasteiger partial charge < -0.3 is 15.4 Å². The zero-order valence-corrected chi connectivity index (χ0v) is 17.0. The Balaban J connectivity index is 0.00000169. The second-order valence-corrected chi connectivity index (χ2v) is 7.06. The molecular weight excluding hydrogens is 373 g/mol. The van der Waals surface area contributed by atoms with E-state index in [4.69, 9.17) is 4.74 Å². The molecule has 0 radical (unpaired) electrons. The molecule has 2 fully saturated rings. The molecule has 1 aromatic carbocycles. The van der Waals surface area contributed by atoms with Crippen molar-refractivity contribution in [2.75, 3.05) is 32.8 Å². The molecule has 3 unspecified atom stereocenters. The van der Waals surface area contributed by atoms with Crippen molar-refractivity contribution in [2.24, 2.45) is 5.92 Å². The molecule has 0 spiro atoms. The number of piperidine rings is 1. The van der Waals surface area contributed by atoms with E-state index in [1.54, 1.807) is 0 Å². The molecule has 5 nitrogen and oxygen atoms in total. The van der Waals surface area contributed by atoms with Crippen LogP contribution < -0.4 is 10.6 Å². The number of rotatable bonds is 5. The monoisotopic (exact) mass is 403 g/mol. The fourth-order valence-electron chi connectivity index (χ4n) is 3.59. The van der Waals surface area contributed by atoms with Crippen LogP contribution in [0, 0.1) is 5.92 Å². The van der Waals surface area contributed by atoms with Gasteiger partial charge in [-0.05, 0) is 31.0 Å². The van der Waals surface area contributed by atoms with Crippen molar-refractivity contribution in [1.29, 1.82) is 0 Å². The van der Waals surface area contributed by atoms with Crippen LogP contribution in [0.15, 0.2) is 30.3 Å². The first kappa shape index (κ1) is 23.2. The summed E-state index contributed by atoms with van der Waals surface area (Å²) in [6.45, 7) is 7.54. The first-order valence-electron chi connectivity index (χ1n) is 9.08. The lowest BCUT2D eigenvalue weighted by atomic mass is 9.95. The number of ether oxygens (including phenoxy) is 1. The van der Waals surface area contributed by atoms with Crippen LogP contribution in [-0.2, 0) is 16.1 Å². The van der Waals surface area contributed by atoms with E-state index in [1.165, 1.54) is 5.56 Å². The molecular formula is C19H31Cl2N3O2. The van der Waals surface area contributed by atoms with E-state index in [9.17, 15) is 4.79 Å². The molecule has 0 bridgehead atoms. The summed E-state index contributed by atoms with van der Waals surface area (Å²) >= 11 is 0. The zero-order chi connectivity index (χ0) is 16.8. The first-order valence-corrected chi connectivity index (χ1v) is 9.08. The lowest BCUT2D eigenvalue weighted by Gasteiger charge is -2.34. The van der Waals surface area contributed by atoms with Gasteiger partial charge in [0.05, 0.1) is 19.1 Å². The van der Waals surface area contributed by atoms with Crippen LogP contribution in [0.4, 0.5) is 0 Å². The molecule has 0 aliphatic carbocycles. The maximum Gasteiger partial charge on any atom is 0.222 e. The van der Waals surface area contributed by atoms with Crippen LogP contribution >= 0.6 is 24.8 Å². The van der Waals surface area contributed by atoms with E-state index in [2.05, 4.69) is 46.7 Å². The third-order valence-corrected chi connectivity index (χ3v) is 5.02. The molecule has 2 heterocycles. The Kier molecular flexibility index (Phi) is 10.5. The molecule has 7 heteroatoms. The molecule has 148 valence electrons. The smallest absolute Gasteiger partial charge is 0.222 e. The van der Waals surface area contributed by atoms with Crippen molar-refractivity contribution >= 4 is 30.7 Å². The van der Waals surface area contributed by atoms with Crippen LogP contribution in [0.5, 0.6) is 0 Å². The number of nitrogens with one attached hydrogen (secondary N) is 2. The SMILES string of the molecule is CC1CNCCC1NC(=O)CC1CN(Cc2ccccc2)CCO1.Cl.Cl. The standard InChI is InChI=1S/C19H29N3O2.2ClH/c1-15-12-20-8-7-18(15)21-19(23)11-17-14-22(9-10-24-17)13-16-5-3-2-4-6-16;;/h2-6,15,17-18,20H,7-14H2,1H3,(H,21,23);2*1H. The molecule has 0 saturated carbocycles. The topological polar surface area (TPSA) is 53.6 Å². The number of benzene rings is 1. The fraction of sp³-hybridized carbons (Fsp3) is 0.632. The highest BCUT2D eigenvalue weighted by molar-refractivity contribution is 5.85. The number of halogens is 2. The van der Waals surface area contributed by atoms with Crippen LogP contribution in [0.1, 0.15) is 25.3 Å². The predicted molar refractivity (Wildman–Crippen MR) is 109 cm³/mol. The highest BCUT2D eigenvalue weighted by atomic mass is 35.5. The molecule has 1 amide bonds. The molecule has 26 heavy (non-hydrogen) atoms. The maximum absolute atomic E-state index is 12.4. The van der Waals surface area contributed by atoms with Crippen molar-refractivity contribution in [1.82, 2.24) is 15.5 Å². The maximum atomic E-state index is 12.4. The van der Waals surface area contributed by atoms with Gasteiger partial charge in [-0.15, -0.1) is 24.8 Å². The molecule has 3 rings (SSSR count). The normalized spacial score (nSPS) is 26.3. The molecule has 2 N–H and O–H groups in total. The lowest BCUT2D eigenvalue weighted by Crippen LogP contribution is -2.50. The van der Waals surface area contributed by atoms with Crippen LogP contribution in [0.2, 0.25) is 0 Å². The predicted octanol–water partition coefficient (Wildman–Crippen LogP) is 2.24. The van der Waals surface area contributed by atoms with E-state index in [-0.39, 0.29) is 36.8 Å². The first-order chi connectivity index (χ1) is 11.7. The Hall–Kier alpha value is -0.850. The molecule has 2 aliphatic heterocycles. The van der Waals surface area contributed by atoms with E-state index < -0.39 is 0 Å². The number of carbonyl (C=O) groups excluding carboxylic acids is 1. The number of morpholine rings is 1. The van der Waals surface area contributed by atoms with Crippen molar-refractivity contribution in [3.8, 4) is 0 Å². The van der Waals surface area contributed by atoms with Crippen molar-refractivity contribution in [3.63, 3.8) is 0 Å². The second-order valence-electron chi connectivity index (χ2n) is 7.06. The summed E-state index contributed by atoms with van der Waals surface area (Å²) in [4.78, 5) is 14.7. The minimum atomic E-state index is -0.000478. The Bertz CT molecular complexity index is 533. The Morgan fingerprint density at radius 1 is 1.31 bits per heavy atom. The largest absolute Gasteiger partial charge is 0.375 e. The summed E-state index contributed by atoms with van der Waals surface area (Å²) in [7, 11) is 0. The third kappa shape index (κ3) is 7.05. The highest BCUT2D eigenvalue weighted by Crippen LogP contribution is 2.14. The van der Waals surface area contributed by atoms with Crippen molar-refractivity contribution < 1.29 is 9.53 Å². The van der Waals surface area contributed by atoms with Crippen LogP contribution in [-0.4, -0.2) is 55.7 Å². The quantitative estimate of drug-likeness (QED) is 0.791. The molecule has 0 aromatic heterocycles. The summed E-state index contributed by atoms with van der Waals surface area (Å²) in [5, 5.41) is 6.57. The van der Waals surface area contributed by atoms with Gasteiger partial charge in [0.1, 0.15) is 0 Å². The fourth-order valence-corrected chi connectivity index (χ4v) is 3.59. The summed E-state index contributed by atoms with van der Waals surface area (Å²) in [6.07, 6.45) is 1.47. The van der Waals surface area contributed by atoms with E-state index in [0.717, 1.165) is 39.1 Å². The van der Waals surface area contributed by atoms with E-state index in [0.29, 0.717) is 25.0 Å². The summed E-state index contributed by atoms with van der Waals surface area (Å²) in [5.74, 6) is 0.616. The van der Waals surface area contributed by atoms with Gasteiger partial charge in [0.15, 0.2) is 0 Å². The lowest BCUT2D eigenvalue weighted by molar-refractivity contribution is -0.127. The van der Waals surface area contributed by atoms with Crippen molar-refractivity contribution in [2.45, 2.75) is 38.5 Å². The van der Waals surface area contributed by atoms with Crippen LogP contribution in [0.25, 0.3) is 0 Å². The summed E-state index contributed by atoms with van der Waals surface area (Å²) < 4.78 is 5.82. The zero-order valence-electron chi connectivity index (χ0n) is 15.4. The number of hydrogen-bond acceptors (Lipinski definition) is 4. The molecule has 2 saturated heterocycles. The number of carbonyl (C=O) groups is 1. The Morgan fingerprint density at radius 2 is 2.08 bits per heavy atom. The Morgan fingerprint density at radius 3 is 2.81 bits per heavy atom. The van der Waals surface area contributed by atoms with Gasteiger partial charge in [0.2, 0.25) is 5.91 Å². The van der Waals surface area contributed by atoms with Gasteiger partial charge in [0.25, 0.3) is 0 Å². The number of nitrogens with zero attached hydrogens (tertiary/aromatic N) is 1. The van der Waals surface area contributed by atoms with Gasteiger partial charge in [-0.2, -0.15) is 0 Å². The van der Waals surface area contributed by atoms with Gasteiger partial charge in [0, 0.05) is 25.7 Å². The minimum Gasteiger partial charge on any atom is -0.375 e. The highest BCUT2D eigenvalue weighted by Gasteiger charge is 2.26. The average Bonchev–Trinajstić information content (AvgIpc) is 2.58. The molecule has 2 aliphatic rings. The second kappa shape index (κ2) is 11.8. The van der Waals surface area contributed by atoms with Gasteiger partial charge in [-0.25, -0.2) is 0 Å². The molecule has 1 aromatic rings. The van der Waals surface area contributed by atoms with Crippen LogP contribution in [0.3, 0.4) is 0 Å².